The van der Waals surface area contributed by atoms with E-state index < -0.39 is 0 Å². The predicted octanol–water partition coefficient (Wildman–Crippen LogP) is 2.15. The standard InChI is InChI=1S/C16H19N3O2/c1-18-10-7-17-15(18)16(21)19-8-5-12(6-9-19)13-3-2-4-14(20)11-13/h2-4,7,10-12,20H,5-6,8-9H2,1H3. The average Bonchev–Trinajstić information content (AvgIpc) is 2.93. The zero-order valence-corrected chi connectivity index (χ0v) is 12.1. The van der Waals surface area contributed by atoms with Gasteiger partial charge in [-0.25, -0.2) is 4.98 Å². The van der Waals surface area contributed by atoms with Crippen LogP contribution in [0.1, 0.15) is 34.9 Å². The van der Waals surface area contributed by atoms with Crippen LogP contribution in [0.4, 0.5) is 0 Å². The molecule has 0 atom stereocenters. The number of carbonyl (C=O) groups is 1. The van der Waals surface area contributed by atoms with Gasteiger partial charge in [0, 0.05) is 32.5 Å². The Balaban J connectivity index is 1.65. The van der Waals surface area contributed by atoms with Crippen molar-refractivity contribution in [3.63, 3.8) is 0 Å². The van der Waals surface area contributed by atoms with Gasteiger partial charge in [0.25, 0.3) is 5.91 Å². The van der Waals surface area contributed by atoms with E-state index >= 15 is 0 Å². The third-order valence-electron chi connectivity index (χ3n) is 4.14. The summed E-state index contributed by atoms with van der Waals surface area (Å²) < 4.78 is 1.75. The normalized spacial score (nSPS) is 16.1. The molecule has 1 aromatic heterocycles. The van der Waals surface area contributed by atoms with Crippen molar-refractivity contribution in [1.82, 2.24) is 14.5 Å². The molecule has 1 fully saturated rings. The summed E-state index contributed by atoms with van der Waals surface area (Å²) in [6.45, 7) is 1.46. The van der Waals surface area contributed by atoms with Crippen LogP contribution in [-0.2, 0) is 7.05 Å². The lowest BCUT2D eigenvalue weighted by atomic mass is 9.89. The second-order valence-corrected chi connectivity index (χ2v) is 5.52. The number of aromatic nitrogens is 2. The molecule has 1 aromatic carbocycles. The first-order valence-electron chi connectivity index (χ1n) is 7.20. The summed E-state index contributed by atoms with van der Waals surface area (Å²) in [5.41, 5.74) is 1.15. The molecule has 0 spiro atoms. The Morgan fingerprint density at radius 3 is 2.71 bits per heavy atom. The van der Waals surface area contributed by atoms with Gasteiger partial charge in [-0.15, -0.1) is 0 Å². The first kappa shape index (κ1) is 13.7. The number of nitrogens with zero attached hydrogens (tertiary/aromatic N) is 3. The molecule has 0 bridgehead atoms. The maximum atomic E-state index is 12.4. The number of rotatable bonds is 2. The second kappa shape index (κ2) is 5.60. The summed E-state index contributed by atoms with van der Waals surface area (Å²) in [6, 6.07) is 7.42. The zero-order valence-electron chi connectivity index (χ0n) is 12.1. The number of piperidine rings is 1. The molecule has 2 aromatic rings. The molecule has 0 unspecified atom stereocenters. The Hall–Kier alpha value is -2.30. The fraction of sp³-hybridized carbons (Fsp3) is 0.375. The van der Waals surface area contributed by atoms with Crippen LogP contribution in [0.15, 0.2) is 36.7 Å². The Kier molecular flexibility index (Phi) is 3.64. The summed E-state index contributed by atoms with van der Waals surface area (Å²) in [7, 11) is 1.83. The lowest BCUT2D eigenvalue weighted by Crippen LogP contribution is -2.39. The number of hydrogen-bond donors (Lipinski definition) is 1. The van der Waals surface area contributed by atoms with Crippen LogP contribution in [0.25, 0.3) is 0 Å². The summed E-state index contributed by atoms with van der Waals surface area (Å²) in [4.78, 5) is 18.4. The van der Waals surface area contributed by atoms with Crippen LogP contribution < -0.4 is 0 Å². The van der Waals surface area contributed by atoms with Gasteiger partial charge in [0.2, 0.25) is 0 Å². The first-order chi connectivity index (χ1) is 10.1. The molecular weight excluding hydrogens is 266 g/mol. The van der Waals surface area contributed by atoms with Gasteiger partial charge in [-0.3, -0.25) is 4.79 Å². The van der Waals surface area contributed by atoms with Crippen molar-refractivity contribution in [2.45, 2.75) is 18.8 Å². The summed E-state index contributed by atoms with van der Waals surface area (Å²) in [5.74, 6) is 1.20. The molecule has 5 nitrogen and oxygen atoms in total. The predicted molar refractivity (Wildman–Crippen MR) is 79.2 cm³/mol. The molecule has 1 aliphatic rings. The topological polar surface area (TPSA) is 58.4 Å². The van der Waals surface area contributed by atoms with Crippen molar-refractivity contribution in [3.05, 3.63) is 48.0 Å². The average molecular weight is 285 g/mol. The Bertz CT molecular complexity index is 642. The number of hydrogen-bond acceptors (Lipinski definition) is 3. The monoisotopic (exact) mass is 285 g/mol. The largest absolute Gasteiger partial charge is 0.508 e. The lowest BCUT2D eigenvalue weighted by Gasteiger charge is -2.32. The van der Waals surface area contributed by atoms with Gasteiger partial charge in [0.1, 0.15) is 5.75 Å². The van der Waals surface area contributed by atoms with E-state index in [9.17, 15) is 9.90 Å². The molecule has 5 heteroatoms. The highest BCUT2D eigenvalue weighted by atomic mass is 16.3. The summed E-state index contributed by atoms with van der Waals surface area (Å²) in [5, 5.41) is 9.56. The van der Waals surface area contributed by atoms with Crippen molar-refractivity contribution in [1.29, 1.82) is 0 Å². The van der Waals surface area contributed by atoms with Crippen molar-refractivity contribution >= 4 is 5.91 Å². The SMILES string of the molecule is Cn1ccnc1C(=O)N1CCC(c2cccc(O)c2)CC1. The van der Waals surface area contributed by atoms with E-state index in [4.69, 9.17) is 0 Å². The van der Waals surface area contributed by atoms with E-state index in [1.165, 1.54) is 0 Å². The molecule has 21 heavy (non-hydrogen) atoms. The second-order valence-electron chi connectivity index (χ2n) is 5.52. The number of phenols is 1. The number of aromatic hydroxyl groups is 1. The number of likely N-dealkylation sites (tertiary alicyclic amines) is 1. The fourth-order valence-electron chi connectivity index (χ4n) is 2.91. The molecule has 3 rings (SSSR count). The quantitative estimate of drug-likeness (QED) is 0.919. The van der Waals surface area contributed by atoms with E-state index in [2.05, 4.69) is 4.98 Å². The first-order valence-corrected chi connectivity index (χ1v) is 7.20. The highest BCUT2D eigenvalue weighted by Crippen LogP contribution is 2.30. The number of imidazole rings is 1. The molecule has 1 aliphatic heterocycles. The van der Waals surface area contributed by atoms with E-state index in [1.54, 1.807) is 23.0 Å². The number of phenolic OH excluding ortho intramolecular Hbond substituents is 1. The van der Waals surface area contributed by atoms with Crippen LogP contribution in [-0.4, -0.2) is 38.6 Å². The van der Waals surface area contributed by atoms with Crippen LogP contribution in [0.2, 0.25) is 0 Å². The number of amides is 1. The van der Waals surface area contributed by atoms with Gasteiger partial charge < -0.3 is 14.6 Å². The van der Waals surface area contributed by atoms with E-state index in [0.717, 1.165) is 31.5 Å². The molecule has 0 saturated carbocycles. The van der Waals surface area contributed by atoms with Gasteiger partial charge in [0.05, 0.1) is 0 Å². The summed E-state index contributed by atoms with van der Waals surface area (Å²) >= 11 is 0. The van der Waals surface area contributed by atoms with Crippen molar-refractivity contribution in [2.24, 2.45) is 7.05 Å². The number of benzene rings is 1. The fourth-order valence-corrected chi connectivity index (χ4v) is 2.91. The molecule has 0 aliphatic carbocycles. The molecule has 1 N–H and O–H groups in total. The third-order valence-corrected chi connectivity index (χ3v) is 4.14. The van der Waals surface area contributed by atoms with E-state index in [-0.39, 0.29) is 5.91 Å². The maximum Gasteiger partial charge on any atom is 0.289 e. The minimum Gasteiger partial charge on any atom is -0.508 e. The van der Waals surface area contributed by atoms with Gasteiger partial charge in [0.15, 0.2) is 5.82 Å². The molecular formula is C16H19N3O2. The van der Waals surface area contributed by atoms with Crippen LogP contribution in [0, 0.1) is 0 Å². The Morgan fingerprint density at radius 2 is 2.10 bits per heavy atom. The van der Waals surface area contributed by atoms with Crippen molar-refractivity contribution in [3.8, 4) is 5.75 Å². The molecule has 1 saturated heterocycles. The highest BCUT2D eigenvalue weighted by Gasteiger charge is 2.26. The minimum atomic E-state index is -0.00291. The maximum absolute atomic E-state index is 12.4. The van der Waals surface area contributed by atoms with Crippen molar-refractivity contribution in [2.75, 3.05) is 13.1 Å². The molecule has 110 valence electrons. The van der Waals surface area contributed by atoms with Crippen molar-refractivity contribution < 1.29 is 9.90 Å². The Morgan fingerprint density at radius 1 is 1.33 bits per heavy atom. The van der Waals surface area contributed by atoms with Crippen LogP contribution in [0.3, 0.4) is 0 Å². The van der Waals surface area contributed by atoms with E-state index in [1.807, 2.05) is 30.1 Å². The highest BCUT2D eigenvalue weighted by molar-refractivity contribution is 5.90. The third kappa shape index (κ3) is 2.77. The van der Waals surface area contributed by atoms with Gasteiger partial charge >= 0.3 is 0 Å². The molecule has 2 heterocycles. The minimum absolute atomic E-state index is 0.00291. The zero-order chi connectivity index (χ0) is 14.8. The molecule has 0 radical (unpaired) electrons. The number of carbonyl (C=O) groups excluding carboxylic acids is 1. The van der Waals surface area contributed by atoms with Crippen LogP contribution in [0.5, 0.6) is 5.75 Å². The molecule has 1 amide bonds. The van der Waals surface area contributed by atoms with E-state index in [0.29, 0.717) is 17.5 Å². The van der Waals surface area contributed by atoms with Crippen LogP contribution >= 0.6 is 0 Å². The van der Waals surface area contributed by atoms with Gasteiger partial charge in [-0.1, -0.05) is 12.1 Å². The van der Waals surface area contributed by atoms with Gasteiger partial charge in [-0.05, 0) is 36.5 Å². The Labute approximate surface area is 123 Å². The summed E-state index contributed by atoms with van der Waals surface area (Å²) in [6.07, 6.45) is 5.26. The number of aryl methyl sites for hydroxylation is 1. The van der Waals surface area contributed by atoms with Gasteiger partial charge in [-0.2, -0.15) is 0 Å². The smallest absolute Gasteiger partial charge is 0.289 e. The lowest BCUT2D eigenvalue weighted by molar-refractivity contribution is 0.0697.